The van der Waals surface area contributed by atoms with Crippen molar-refractivity contribution in [3.05, 3.63) is 24.5 Å². The van der Waals surface area contributed by atoms with E-state index in [0.29, 0.717) is 11.8 Å². The molecule has 0 aromatic heterocycles. The summed E-state index contributed by atoms with van der Waals surface area (Å²) in [5.41, 5.74) is 0.822. The van der Waals surface area contributed by atoms with Crippen molar-refractivity contribution in [2.24, 2.45) is 11.8 Å². The molecule has 1 aliphatic carbocycles. The van der Waals surface area contributed by atoms with Crippen LogP contribution in [0, 0.1) is 11.8 Å². The average Bonchev–Trinajstić information content (AvgIpc) is 2.44. The predicted octanol–water partition coefficient (Wildman–Crippen LogP) is 2.27. The Morgan fingerprint density at radius 3 is 2.11 bits per heavy atom. The normalized spacial score (nSPS) is 31.7. The molecule has 0 aromatic rings. The van der Waals surface area contributed by atoms with Crippen molar-refractivity contribution in [3.63, 3.8) is 0 Å². The lowest BCUT2D eigenvalue weighted by molar-refractivity contribution is 0.419. The first-order valence-corrected chi connectivity index (χ1v) is 3.20. The molecule has 0 saturated heterocycles. The number of aliphatic hydroxyl groups excluding tert-OH is 1. The van der Waals surface area contributed by atoms with Crippen LogP contribution in [0.1, 0.15) is 13.3 Å². The van der Waals surface area contributed by atoms with E-state index in [1.165, 1.54) is 6.42 Å². The van der Waals surface area contributed by atoms with Crippen LogP contribution >= 0.6 is 0 Å². The lowest BCUT2D eigenvalue weighted by Gasteiger charge is -1.98. The van der Waals surface area contributed by atoms with Crippen molar-refractivity contribution in [3.8, 4) is 0 Å². The molecule has 0 heterocycles. The summed E-state index contributed by atoms with van der Waals surface area (Å²) >= 11 is 0. The monoisotopic (exact) mass is 124 g/mol. The lowest BCUT2D eigenvalue weighted by atomic mass is 10.1. The molecule has 1 nitrogen and oxygen atoms in total. The Morgan fingerprint density at radius 1 is 1.56 bits per heavy atom. The first-order valence-electron chi connectivity index (χ1n) is 3.20. The quantitative estimate of drug-likeness (QED) is 0.442. The Hall–Kier alpha value is -0.720. The van der Waals surface area contributed by atoms with E-state index in [1.54, 1.807) is 0 Å². The highest BCUT2D eigenvalue weighted by molar-refractivity contribution is 5.26. The third-order valence-corrected chi connectivity index (χ3v) is 1.93. The first kappa shape index (κ1) is 6.40. The minimum Gasteiger partial charge on any atom is -0.508 e. The van der Waals surface area contributed by atoms with Gasteiger partial charge in [0.1, 0.15) is 5.76 Å². The summed E-state index contributed by atoms with van der Waals surface area (Å²) in [6, 6.07) is 0. The van der Waals surface area contributed by atoms with Crippen LogP contribution in [-0.2, 0) is 0 Å². The molecular weight excluding hydrogens is 112 g/mol. The van der Waals surface area contributed by atoms with Crippen LogP contribution in [0.25, 0.3) is 0 Å². The molecule has 1 saturated carbocycles. The van der Waals surface area contributed by atoms with Crippen molar-refractivity contribution < 1.29 is 5.11 Å². The minimum atomic E-state index is 0.157. The molecule has 0 spiro atoms. The molecule has 0 aromatic carbocycles. The van der Waals surface area contributed by atoms with Gasteiger partial charge in [-0.25, -0.2) is 0 Å². The predicted molar refractivity (Wildman–Crippen MR) is 38.2 cm³/mol. The fraction of sp³-hybridized carbons (Fsp3) is 0.500. The summed E-state index contributed by atoms with van der Waals surface area (Å²) in [4.78, 5) is 0. The molecule has 0 aliphatic heterocycles. The largest absolute Gasteiger partial charge is 0.508 e. The fourth-order valence-corrected chi connectivity index (χ4v) is 1.02. The van der Waals surface area contributed by atoms with E-state index in [4.69, 9.17) is 5.11 Å². The number of hydrogen-bond acceptors (Lipinski definition) is 1. The molecule has 2 unspecified atom stereocenters. The van der Waals surface area contributed by atoms with Gasteiger partial charge in [0.2, 0.25) is 0 Å². The fourth-order valence-electron chi connectivity index (χ4n) is 1.02. The maximum absolute atomic E-state index is 8.86. The van der Waals surface area contributed by atoms with E-state index in [2.05, 4.69) is 20.1 Å². The van der Waals surface area contributed by atoms with E-state index in [0.717, 1.165) is 5.57 Å². The molecule has 1 fully saturated rings. The molecule has 1 heteroatoms. The van der Waals surface area contributed by atoms with Crippen LogP contribution in [0.3, 0.4) is 0 Å². The number of hydrogen-bond donors (Lipinski definition) is 1. The second-order valence-electron chi connectivity index (χ2n) is 2.79. The zero-order valence-corrected chi connectivity index (χ0v) is 5.72. The molecule has 0 radical (unpaired) electrons. The van der Waals surface area contributed by atoms with Crippen LogP contribution in [0.2, 0.25) is 0 Å². The summed E-state index contributed by atoms with van der Waals surface area (Å²) in [5.74, 6) is 1.38. The van der Waals surface area contributed by atoms with Crippen LogP contribution in [-0.4, -0.2) is 5.11 Å². The Balaban J connectivity index is 2.46. The highest BCUT2D eigenvalue weighted by Crippen LogP contribution is 2.44. The third-order valence-electron chi connectivity index (χ3n) is 1.93. The van der Waals surface area contributed by atoms with Gasteiger partial charge in [0.05, 0.1) is 0 Å². The zero-order valence-electron chi connectivity index (χ0n) is 5.72. The Labute approximate surface area is 55.7 Å². The van der Waals surface area contributed by atoms with Crippen LogP contribution in [0.4, 0.5) is 0 Å². The van der Waals surface area contributed by atoms with E-state index >= 15 is 0 Å². The Kier molecular flexibility index (Phi) is 1.35. The van der Waals surface area contributed by atoms with Crippen molar-refractivity contribution in [2.45, 2.75) is 13.3 Å². The molecule has 50 valence electrons. The van der Waals surface area contributed by atoms with Crippen LogP contribution in [0.15, 0.2) is 24.5 Å². The first-order chi connectivity index (χ1) is 4.13. The molecule has 1 aliphatic rings. The summed E-state index contributed by atoms with van der Waals surface area (Å²) < 4.78 is 0. The van der Waals surface area contributed by atoms with Gasteiger partial charge in [0.15, 0.2) is 0 Å². The highest BCUT2D eigenvalue weighted by Gasteiger charge is 2.35. The summed E-state index contributed by atoms with van der Waals surface area (Å²) in [6.07, 6.45) is 1.17. The Morgan fingerprint density at radius 2 is 2.00 bits per heavy atom. The Bertz CT molecular complexity index is 158. The van der Waals surface area contributed by atoms with Gasteiger partial charge < -0.3 is 5.11 Å². The van der Waals surface area contributed by atoms with Gasteiger partial charge in [0, 0.05) is 0 Å². The smallest absolute Gasteiger partial charge is 0.111 e. The van der Waals surface area contributed by atoms with E-state index in [9.17, 15) is 0 Å². The number of allylic oxidation sites excluding steroid dienone is 1. The van der Waals surface area contributed by atoms with E-state index in [-0.39, 0.29) is 5.76 Å². The summed E-state index contributed by atoms with van der Waals surface area (Å²) in [6.45, 7) is 9.28. The molecule has 0 bridgehead atoms. The van der Waals surface area contributed by atoms with Gasteiger partial charge in [-0.1, -0.05) is 20.1 Å². The summed E-state index contributed by atoms with van der Waals surface area (Å²) in [5, 5.41) is 8.86. The van der Waals surface area contributed by atoms with Crippen molar-refractivity contribution >= 4 is 0 Å². The molecule has 0 amide bonds. The summed E-state index contributed by atoms with van der Waals surface area (Å²) in [7, 11) is 0. The number of aliphatic hydroxyl groups is 1. The molecule has 9 heavy (non-hydrogen) atoms. The average molecular weight is 124 g/mol. The van der Waals surface area contributed by atoms with Gasteiger partial charge in [-0.15, -0.1) is 0 Å². The molecule has 1 rings (SSSR count). The zero-order chi connectivity index (χ0) is 7.02. The van der Waals surface area contributed by atoms with Gasteiger partial charge in [0.25, 0.3) is 0 Å². The standard InChI is InChI=1S/C8H12O/c1-5-4-8(5)6(2)7(3)9/h5,8-9H,2-4H2,1H3. The lowest BCUT2D eigenvalue weighted by Crippen LogP contribution is -1.87. The maximum Gasteiger partial charge on any atom is 0.111 e. The molecule has 2 atom stereocenters. The minimum absolute atomic E-state index is 0.157. The van der Waals surface area contributed by atoms with Gasteiger partial charge in [-0.05, 0) is 23.8 Å². The second kappa shape index (κ2) is 1.90. The van der Waals surface area contributed by atoms with E-state index in [1.807, 2.05) is 0 Å². The van der Waals surface area contributed by atoms with Gasteiger partial charge in [-0.2, -0.15) is 0 Å². The third kappa shape index (κ3) is 1.15. The maximum atomic E-state index is 8.86. The molecular formula is C8H12O. The molecule has 1 N–H and O–H groups in total. The van der Waals surface area contributed by atoms with Gasteiger partial charge >= 0.3 is 0 Å². The van der Waals surface area contributed by atoms with Crippen molar-refractivity contribution in [2.75, 3.05) is 0 Å². The van der Waals surface area contributed by atoms with Crippen LogP contribution in [0.5, 0.6) is 0 Å². The topological polar surface area (TPSA) is 20.2 Å². The second-order valence-corrected chi connectivity index (χ2v) is 2.79. The van der Waals surface area contributed by atoms with Crippen molar-refractivity contribution in [1.82, 2.24) is 0 Å². The highest BCUT2D eigenvalue weighted by atomic mass is 16.3. The number of rotatable bonds is 2. The van der Waals surface area contributed by atoms with E-state index < -0.39 is 0 Å². The SMILES string of the molecule is C=C(O)C(=C)C1CC1C. The van der Waals surface area contributed by atoms with Gasteiger partial charge in [-0.3, -0.25) is 0 Å². The van der Waals surface area contributed by atoms with Crippen LogP contribution < -0.4 is 0 Å². The van der Waals surface area contributed by atoms with Crippen molar-refractivity contribution in [1.29, 1.82) is 0 Å².